The van der Waals surface area contributed by atoms with Gasteiger partial charge in [-0.3, -0.25) is 19.7 Å². The largest absolute Gasteiger partial charge is 0.490 e. The molecule has 0 aliphatic carbocycles. The number of carbonyl (C=O) groups is 2. The Kier molecular flexibility index (Phi) is 11.2. The molecule has 4 aromatic rings. The molecule has 1 aliphatic heterocycles. The van der Waals surface area contributed by atoms with Crippen molar-refractivity contribution in [1.29, 1.82) is 0 Å². The van der Waals surface area contributed by atoms with E-state index in [1.165, 1.54) is 31.9 Å². The zero-order valence-corrected chi connectivity index (χ0v) is 30.7. The van der Waals surface area contributed by atoms with Crippen LogP contribution in [0.3, 0.4) is 0 Å². The lowest BCUT2D eigenvalue weighted by Gasteiger charge is -2.33. The van der Waals surface area contributed by atoms with E-state index in [-0.39, 0.29) is 35.2 Å². The monoisotopic (exact) mass is 733 g/mol. The maximum Gasteiger partial charge on any atom is 0.311 e. The van der Waals surface area contributed by atoms with E-state index < -0.39 is 49.9 Å². The molecule has 276 valence electrons. The fraction of sp³-hybridized carbons (Fsp3) is 0.378. The molecule has 5 rings (SSSR count). The van der Waals surface area contributed by atoms with Gasteiger partial charge in [-0.15, -0.1) is 0 Å². The number of nitrogens with zero attached hydrogens (tertiary/aromatic N) is 3. The van der Waals surface area contributed by atoms with Gasteiger partial charge in [-0.05, 0) is 94.5 Å². The molecule has 15 heteroatoms. The number of nitrogen functional groups attached to an aromatic ring is 1. The lowest BCUT2D eigenvalue weighted by Crippen LogP contribution is -2.40. The van der Waals surface area contributed by atoms with Gasteiger partial charge in [-0.1, -0.05) is 6.07 Å². The summed E-state index contributed by atoms with van der Waals surface area (Å²) >= 11 is 0. The van der Waals surface area contributed by atoms with Crippen LogP contribution >= 0.6 is 0 Å². The highest BCUT2D eigenvalue weighted by molar-refractivity contribution is 7.92. The van der Waals surface area contributed by atoms with Crippen LogP contribution in [0, 0.1) is 16.0 Å². The quantitative estimate of drug-likeness (QED) is 0.0925. The molecule has 3 atom stereocenters. The molecule has 3 N–H and O–H groups in total. The van der Waals surface area contributed by atoms with E-state index in [0.717, 1.165) is 22.9 Å². The van der Waals surface area contributed by atoms with Gasteiger partial charge >= 0.3 is 5.97 Å². The number of hydrogen-bond donors (Lipinski definition) is 2. The lowest BCUT2D eigenvalue weighted by atomic mass is 9.92. The van der Waals surface area contributed by atoms with Crippen molar-refractivity contribution in [2.45, 2.75) is 69.4 Å². The number of benzene rings is 3. The number of rotatable bonds is 13. The highest BCUT2D eigenvalue weighted by Crippen LogP contribution is 2.44. The fourth-order valence-corrected chi connectivity index (χ4v) is 7.72. The van der Waals surface area contributed by atoms with Crippen molar-refractivity contribution in [3.8, 4) is 11.5 Å². The van der Waals surface area contributed by atoms with Gasteiger partial charge in [0.25, 0.3) is 5.69 Å². The Labute approximate surface area is 302 Å². The molecule has 3 aromatic carbocycles. The number of fused-ring (bicyclic) bond motifs is 1. The van der Waals surface area contributed by atoms with Crippen LogP contribution < -0.4 is 20.5 Å². The van der Waals surface area contributed by atoms with E-state index in [0.29, 0.717) is 35.2 Å². The van der Waals surface area contributed by atoms with Crippen molar-refractivity contribution < 1.29 is 37.1 Å². The molecule has 0 radical (unpaired) electrons. The molecule has 1 saturated heterocycles. The number of nitrogens with one attached hydrogen (secondary N) is 1. The average molecular weight is 734 g/mol. The summed E-state index contributed by atoms with van der Waals surface area (Å²) in [6, 6.07) is 13.4. The summed E-state index contributed by atoms with van der Waals surface area (Å²) in [6.07, 6.45) is 1.54. The fourth-order valence-electron chi connectivity index (χ4n) is 6.45. The maximum atomic E-state index is 15.1. The minimum absolute atomic E-state index is 0.0259. The first-order chi connectivity index (χ1) is 24.7. The molecule has 0 spiro atoms. The summed E-state index contributed by atoms with van der Waals surface area (Å²) in [5.41, 5.74) is 6.70. The number of methoxy groups -OCH3 is 1. The normalized spacial score (nSPS) is 16.6. The number of non-ortho nitro benzene ring substituents is 1. The smallest absolute Gasteiger partial charge is 0.311 e. The van der Waals surface area contributed by atoms with Gasteiger partial charge < -0.3 is 30.2 Å². The van der Waals surface area contributed by atoms with Crippen LogP contribution in [0.4, 0.5) is 17.2 Å². The van der Waals surface area contributed by atoms with Crippen molar-refractivity contribution >= 4 is 49.7 Å². The second-order valence-electron chi connectivity index (χ2n) is 13.0. The van der Waals surface area contributed by atoms with Crippen LogP contribution in [0.2, 0.25) is 0 Å². The van der Waals surface area contributed by atoms with Crippen molar-refractivity contribution in [2.75, 3.05) is 31.3 Å². The highest BCUT2D eigenvalue weighted by atomic mass is 32.2. The molecule has 0 bridgehead atoms. The summed E-state index contributed by atoms with van der Waals surface area (Å²) in [4.78, 5) is 45.1. The summed E-state index contributed by atoms with van der Waals surface area (Å²) in [7, 11) is -2.84. The summed E-state index contributed by atoms with van der Waals surface area (Å²) in [5, 5.41) is 15.9. The van der Waals surface area contributed by atoms with Crippen molar-refractivity contribution in [3.63, 3.8) is 0 Å². The minimum atomic E-state index is -4.04. The van der Waals surface area contributed by atoms with Gasteiger partial charge in [0.1, 0.15) is 11.9 Å². The van der Waals surface area contributed by atoms with Crippen LogP contribution in [-0.2, 0) is 24.2 Å². The highest BCUT2D eigenvalue weighted by Gasteiger charge is 2.47. The standard InChI is InChI=1S/C37H43N5O9S/c1-7-50-31-19-24(8-12-30(31)51-21(2)3)33(40-25-9-11-27-23(18-25)14-16-39-35(27)38)36(43)41-17-15-28(37(44)49-6)34(41)29-20-26(42(45)46)10-13-32(29)52(47,48)22(4)5/h8-14,16,18-22,28,33-34,40H,7,15,17H2,1-6H3,(H2,38,39). The van der Waals surface area contributed by atoms with Gasteiger partial charge in [-0.2, -0.15) is 0 Å². The van der Waals surface area contributed by atoms with Crippen molar-refractivity contribution in [3.05, 3.63) is 88.1 Å². The van der Waals surface area contributed by atoms with Gasteiger partial charge in [0.2, 0.25) is 5.91 Å². The Morgan fingerprint density at radius 2 is 1.81 bits per heavy atom. The molecular weight excluding hydrogens is 691 g/mol. The van der Waals surface area contributed by atoms with Crippen LogP contribution in [0.1, 0.15) is 64.3 Å². The summed E-state index contributed by atoms with van der Waals surface area (Å²) in [5.74, 6) is -0.999. The third kappa shape index (κ3) is 7.59. The molecule has 1 aliphatic rings. The second kappa shape index (κ2) is 15.4. The number of nitro groups is 1. The molecular formula is C37H43N5O9S. The number of pyridine rings is 1. The van der Waals surface area contributed by atoms with Gasteiger partial charge in [0, 0.05) is 41.5 Å². The Morgan fingerprint density at radius 3 is 2.46 bits per heavy atom. The van der Waals surface area contributed by atoms with Gasteiger partial charge in [0.15, 0.2) is 21.3 Å². The third-order valence-electron chi connectivity index (χ3n) is 8.95. The van der Waals surface area contributed by atoms with E-state index in [1.807, 2.05) is 26.8 Å². The van der Waals surface area contributed by atoms with Gasteiger partial charge in [-0.25, -0.2) is 13.4 Å². The number of ether oxygens (including phenoxy) is 3. The van der Waals surface area contributed by atoms with E-state index in [2.05, 4.69) is 10.3 Å². The number of amides is 1. The first-order valence-corrected chi connectivity index (χ1v) is 18.5. The number of nitrogens with two attached hydrogens (primary N) is 1. The first kappa shape index (κ1) is 37.8. The Bertz CT molecular complexity index is 2100. The van der Waals surface area contributed by atoms with E-state index >= 15 is 4.79 Å². The minimum Gasteiger partial charge on any atom is -0.490 e. The van der Waals surface area contributed by atoms with Crippen LogP contribution in [-0.4, -0.2) is 66.7 Å². The predicted molar refractivity (Wildman–Crippen MR) is 196 cm³/mol. The number of esters is 1. The van der Waals surface area contributed by atoms with Crippen LogP contribution in [0.5, 0.6) is 11.5 Å². The number of sulfone groups is 1. The summed E-state index contributed by atoms with van der Waals surface area (Å²) < 4.78 is 44.4. The van der Waals surface area contributed by atoms with Crippen molar-refractivity contribution in [1.82, 2.24) is 9.88 Å². The Hall–Kier alpha value is -5.44. The first-order valence-electron chi connectivity index (χ1n) is 16.9. The predicted octanol–water partition coefficient (Wildman–Crippen LogP) is 6.01. The Morgan fingerprint density at radius 1 is 1.06 bits per heavy atom. The SMILES string of the molecule is CCOc1cc(C(Nc2ccc3c(N)nccc3c2)C(=O)N2CCC(C(=O)OC)C2c2cc([N+](=O)[O-])ccc2S(=O)(=O)C(C)C)ccc1OC(C)C. The second-order valence-corrected chi connectivity index (χ2v) is 15.5. The number of hydrogen-bond acceptors (Lipinski definition) is 12. The molecule has 1 fully saturated rings. The van der Waals surface area contributed by atoms with Crippen LogP contribution in [0.25, 0.3) is 10.8 Å². The van der Waals surface area contributed by atoms with E-state index in [4.69, 9.17) is 19.9 Å². The molecule has 1 amide bonds. The number of nitro benzene ring substituents is 1. The van der Waals surface area contributed by atoms with Crippen LogP contribution in [0.15, 0.2) is 71.8 Å². The average Bonchev–Trinajstić information content (AvgIpc) is 3.55. The molecule has 2 heterocycles. The molecule has 52 heavy (non-hydrogen) atoms. The molecule has 14 nitrogen and oxygen atoms in total. The third-order valence-corrected chi connectivity index (χ3v) is 11.2. The van der Waals surface area contributed by atoms with E-state index in [9.17, 15) is 23.3 Å². The van der Waals surface area contributed by atoms with Crippen molar-refractivity contribution in [2.24, 2.45) is 5.92 Å². The maximum absolute atomic E-state index is 15.1. The number of aromatic nitrogens is 1. The zero-order valence-electron chi connectivity index (χ0n) is 29.9. The Balaban J connectivity index is 1.70. The zero-order chi connectivity index (χ0) is 37.9. The van der Waals surface area contributed by atoms with E-state index in [1.54, 1.807) is 42.6 Å². The number of carbonyl (C=O) groups excluding carboxylic acids is 2. The molecule has 3 unspecified atom stereocenters. The summed E-state index contributed by atoms with van der Waals surface area (Å²) in [6.45, 7) is 8.92. The lowest BCUT2D eigenvalue weighted by molar-refractivity contribution is -0.385. The van der Waals surface area contributed by atoms with Gasteiger partial charge in [0.05, 0.1) is 46.8 Å². The number of anilines is 2. The molecule has 0 saturated carbocycles. The number of likely N-dealkylation sites (tertiary alicyclic amines) is 1. The molecule has 1 aromatic heterocycles. The topological polar surface area (TPSA) is 193 Å².